The average Bonchev–Trinajstić information content (AvgIpc) is 2.77. The van der Waals surface area contributed by atoms with Gasteiger partial charge in [0, 0.05) is 19.6 Å². The van der Waals surface area contributed by atoms with Gasteiger partial charge in [-0.25, -0.2) is 0 Å². The van der Waals surface area contributed by atoms with Gasteiger partial charge in [-0.3, -0.25) is 4.79 Å². The molecule has 1 saturated heterocycles. The predicted octanol–water partition coefficient (Wildman–Crippen LogP) is -0.811. The Morgan fingerprint density at radius 1 is 1.38 bits per heavy atom. The summed E-state index contributed by atoms with van der Waals surface area (Å²) >= 11 is 0. The van der Waals surface area contributed by atoms with E-state index in [1.54, 1.807) is 4.90 Å². The van der Waals surface area contributed by atoms with E-state index < -0.39 is 0 Å². The van der Waals surface area contributed by atoms with Gasteiger partial charge in [0.05, 0.1) is 18.6 Å². The largest absolute Gasteiger partial charge is 0.395 e. The van der Waals surface area contributed by atoms with E-state index in [0.29, 0.717) is 19.6 Å². The van der Waals surface area contributed by atoms with Gasteiger partial charge in [0.15, 0.2) is 0 Å². The van der Waals surface area contributed by atoms with Crippen molar-refractivity contribution < 1.29 is 15.0 Å². The lowest BCUT2D eigenvalue weighted by atomic mass is 9.82. The van der Waals surface area contributed by atoms with Gasteiger partial charge in [-0.15, -0.1) is 0 Å². The molecular formula is C11H22N2O3. The molecule has 0 saturated carbocycles. The Morgan fingerprint density at radius 3 is 2.38 bits per heavy atom. The van der Waals surface area contributed by atoms with Gasteiger partial charge >= 0.3 is 0 Å². The molecule has 1 amide bonds. The number of nitrogens with one attached hydrogen (secondary N) is 1. The van der Waals surface area contributed by atoms with Crippen molar-refractivity contribution in [1.29, 1.82) is 0 Å². The lowest BCUT2D eigenvalue weighted by Gasteiger charge is -2.32. The fourth-order valence-electron chi connectivity index (χ4n) is 2.27. The maximum absolute atomic E-state index is 12.3. The number of hydrogen-bond donors (Lipinski definition) is 3. The summed E-state index contributed by atoms with van der Waals surface area (Å²) in [4.78, 5) is 13.9. The number of carbonyl (C=O) groups is 1. The molecule has 94 valence electrons. The summed E-state index contributed by atoms with van der Waals surface area (Å²) in [6, 6.07) is 0. The molecule has 5 heteroatoms. The van der Waals surface area contributed by atoms with Crippen LogP contribution < -0.4 is 5.32 Å². The lowest BCUT2D eigenvalue weighted by Crippen LogP contribution is -2.47. The molecule has 3 N–H and O–H groups in total. The van der Waals surface area contributed by atoms with Crippen LogP contribution in [0.5, 0.6) is 0 Å². The van der Waals surface area contributed by atoms with Crippen molar-refractivity contribution >= 4 is 5.91 Å². The molecule has 1 rings (SSSR count). The predicted molar refractivity (Wildman–Crippen MR) is 61.0 cm³/mol. The van der Waals surface area contributed by atoms with Gasteiger partial charge in [0.25, 0.3) is 0 Å². The number of aliphatic hydroxyl groups excluding tert-OH is 2. The van der Waals surface area contributed by atoms with E-state index in [0.717, 1.165) is 19.4 Å². The van der Waals surface area contributed by atoms with Crippen LogP contribution in [0.25, 0.3) is 0 Å². The Kier molecular flexibility index (Phi) is 5.18. The van der Waals surface area contributed by atoms with Crippen molar-refractivity contribution in [3.63, 3.8) is 0 Å². The maximum atomic E-state index is 12.3. The zero-order valence-electron chi connectivity index (χ0n) is 9.91. The van der Waals surface area contributed by atoms with Crippen LogP contribution in [0.15, 0.2) is 0 Å². The molecule has 5 nitrogen and oxygen atoms in total. The minimum Gasteiger partial charge on any atom is -0.395 e. The van der Waals surface area contributed by atoms with Crippen molar-refractivity contribution in [1.82, 2.24) is 10.2 Å². The Balaban J connectivity index is 2.70. The first-order valence-corrected chi connectivity index (χ1v) is 5.92. The number of amides is 1. The molecule has 0 aromatic rings. The number of hydrogen-bond acceptors (Lipinski definition) is 4. The minimum absolute atomic E-state index is 0.0566. The maximum Gasteiger partial charge on any atom is 0.230 e. The summed E-state index contributed by atoms with van der Waals surface area (Å²) < 4.78 is 0. The minimum atomic E-state index is -0.329. The van der Waals surface area contributed by atoms with Gasteiger partial charge in [0.2, 0.25) is 5.91 Å². The molecule has 1 aliphatic heterocycles. The molecule has 1 heterocycles. The highest BCUT2D eigenvalue weighted by Crippen LogP contribution is 2.31. The number of aliphatic hydroxyl groups is 2. The Morgan fingerprint density at radius 2 is 2.00 bits per heavy atom. The van der Waals surface area contributed by atoms with Gasteiger partial charge < -0.3 is 20.4 Å². The highest BCUT2D eigenvalue weighted by atomic mass is 16.3. The Labute approximate surface area is 96.4 Å². The molecule has 1 atom stereocenters. The van der Waals surface area contributed by atoms with E-state index in [2.05, 4.69) is 5.32 Å². The zero-order valence-corrected chi connectivity index (χ0v) is 9.91. The topological polar surface area (TPSA) is 72.8 Å². The van der Waals surface area contributed by atoms with Gasteiger partial charge in [0.1, 0.15) is 0 Å². The van der Waals surface area contributed by atoms with E-state index in [-0.39, 0.29) is 24.5 Å². The van der Waals surface area contributed by atoms with Crippen molar-refractivity contribution in [2.24, 2.45) is 5.41 Å². The molecule has 1 unspecified atom stereocenters. The van der Waals surface area contributed by atoms with Crippen molar-refractivity contribution in [2.75, 3.05) is 39.4 Å². The van der Waals surface area contributed by atoms with Crippen LogP contribution in [0.1, 0.15) is 19.8 Å². The Hall–Kier alpha value is -0.650. The quantitative estimate of drug-likeness (QED) is 0.558. The van der Waals surface area contributed by atoms with Crippen LogP contribution in [0, 0.1) is 5.41 Å². The second-order valence-electron chi connectivity index (χ2n) is 4.30. The monoisotopic (exact) mass is 230 g/mol. The highest BCUT2D eigenvalue weighted by molar-refractivity contribution is 5.83. The SMILES string of the molecule is CCC1(C(=O)N(CCO)CCO)CCNC1. The van der Waals surface area contributed by atoms with Crippen molar-refractivity contribution in [3.05, 3.63) is 0 Å². The summed E-state index contributed by atoms with van der Waals surface area (Å²) in [5.41, 5.74) is -0.329. The molecule has 1 aliphatic rings. The third-order valence-corrected chi connectivity index (χ3v) is 3.40. The van der Waals surface area contributed by atoms with Crippen LogP contribution in [-0.2, 0) is 4.79 Å². The summed E-state index contributed by atoms with van der Waals surface area (Å²) in [5.74, 6) is 0.0584. The molecule has 1 fully saturated rings. The van der Waals surface area contributed by atoms with E-state index in [9.17, 15) is 4.79 Å². The molecule has 0 radical (unpaired) electrons. The van der Waals surface area contributed by atoms with E-state index in [4.69, 9.17) is 10.2 Å². The molecule has 16 heavy (non-hydrogen) atoms. The third-order valence-electron chi connectivity index (χ3n) is 3.40. The van der Waals surface area contributed by atoms with Crippen LogP contribution in [-0.4, -0.2) is 60.4 Å². The number of carbonyl (C=O) groups excluding carboxylic acids is 1. The normalized spacial score (nSPS) is 24.7. The molecule has 0 aliphatic carbocycles. The van der Waals surface area contributed by atoms with E-state index >= 15 is 0 Å². The number of rotatable bonds is 6. The second kappa shape index (κ2) is 6.18. The molecule has 0 aromatic heterocycles. The fourth-order valence-corrected chi connectivity index (χ4v) is 2.27. The van der Waals surface area contributed by atoms with Crippen molar-refractivity contribution in [2.45, 2.75) is 19.8 Å². The summed E-state index contributed by atoms with van der Waals surface area (Å²) in [7, 11) is 0. The van der Waals surface area contributed by atoms with Crippen LogP contribution in [0.4, 0.5) is 0 Å². The lowest BCUT2D eigenvalue weighted by molar-refractivity contribution is -0.142. The first kappa shape index (κ1) is 13.4. The smallest absolute Gasteiger partial charge is 0.230 e. The third kappa shape index (κ3) is 2.72. The van der Waals surface area contributed by atoms with Gasteiger partial charge in [-0.05, 0) is 19.4 Å². The van der Waals surface area contributed by atoms with Crippen LogP contribution >= 0.6 is 0 Å². The molecule has 0 spiro atoms. The fraction of sp³-hybridized carbons (Fsp3) is 0.909. The Bertz CT molecular complexity index is 221. The van der Waals surface area contributed by atoms with Crippen LogP contribution in [0.3, 0.4) is 0 Å². The standard InChI is InChI=1S/C11H22N2O3/c1-2-11(3-4-12-9-11)10(16)13(5-7-14)6-8-15/h12,14-15H,2-9H2,1H3. The summed E-state index contributed by atoms with van der Waals surface area (Å²) in [5, 5.41) is 21.1. The second-order valence-corrected chi connectivity index (χ2v) is 4.30. The highest BCUT2D eigenvalue weighted by Gasteiger charge is 2.41. The van der Waals surface area contributed by atoms with E-state index in [1.807, 2.05) is 6.92 Å². The van der Waals surface area contributed by atoms with E-state index in [1.165, 1.54) is 0 Å². The summed E-state index contributed by atoms with van der Waals surface area (Å²) in [6.07, 6.45) is 1.64. The molecular weight excluding hydrogens is 208 g/mol. The summed E-state index contributed by atoms with van der Waals surface area (Å²) in [6.45, 7) is 4.09. The van der Waals surface area contributed by atoms with Crippen molar-refractivity contribution in [3.8, 4) is 0 Å². The number of nitrogens with zero attached hydrogens (tertiary/aromatic N) is 1. The first-order chi connectivity index (χ1) is 7.70. The molecule has 0 aromatic carbocycles. The van der Waals surface area contributed by atoms with Gasteiger partial charge in [-0.1, -0.05) is 6.92 Å². The molecule has 0 bridgehead atoms. The average molecular weight is 230 g/mol. The van der Waals surface area contributed by atoms with Crippen LogP contribution in [0.2, 0.25) is 0 Å². The zero-order chi connectivity index (χ0) is 12.0. The van der Waals surface area contributed by atoms with Gasteiger partial charge in [-0.2, -0.15) is 0 Å². The first-order valence-electron chi connectivity index (χ1n) is 5.92.